The molecule has 0 atom stereocenters. The summed E-state index contributed by atoms with van der Waals surface area (Å²) >= 11 is 0. The molecule has 3 amide bonds. The number of hydrogen-bond acceptors (Lipinski definition) is 4. The van der Waals surface area contributed by atoms with Gasteiger partial charge in [0, 0.05) is 5.56 Å². The van der Waals surface area contributed by atoms with Crippen LogP contribution in [0, 0.1) is 20.8 Å². The summed E-state index contributed by atoms with van der Waals surface area (Å²) in [5.74, 6) is -0.0904. The van der Waals surface area contributed by atoms with Crippen LogP contribution in [0.1, 0.15) is 27.4 Å². The van der Waals surface area contributed by atoms with Gasteiger partial charge in [0.15, 0.2) is 0 Å². The van der Waals surface area contributed by atoms with Crippen LogP contribution < -0.4 is 5.32 Å². The van der Waals surface area contributed by atoms with Gasteiger partial charge < -0.3 is 9.32 Å². The van der Waals surface area contributed by atoms with Gasteiger partial charge in [-0.2, -0.15) is 0 Å². The highest BCUT2D eigenvalue weighted by Gasteiger charge is 2.30. The van der Waals surface area contributed by atoms with E-state index in [-0.39, 0.29) is 19.0 Å². The van der Waals surface area contributed by atoms with Crippen molar-refractivity contribution >= 4 is 17.7 Å². The Kier molecular flexibility index (Phi) is 2.94. The van der Waals surface area contributed by atoms with E-state index in [4.69, 9.17) is 4.42 Å². The second kappa shape index (κ2) is 4.29. The van der Waals surface area contributed by atoms with Crippen molar-refractivity contribution in [2.75, 3.05) is 13.1 Å². The number of amides is 3. The van der Waals surface area contributed by atoms with Crippen molar-refractivity contribution in [1.29, 1.82) is 0 Å². The molecule has 2 rings (SSSR count). The molecule has 1 aliphatic rings. The van der Waals surface area contributed by atoms with Crippen LogP contribution >= 0.6 is 0 Å². The van der Waals surface area contributed by atoms with Gasteiger partial charge in [-0.1, -0.05) is 0 Å². The van der Waals surface area contributed by atoms with E-state index in [1.165, 1.54) is 4.90 Å². The number of aryl methyl sites for hydroxylation is 2. The largest absolute Gasteiger partial charge is 0.466 e. The summed E-state index contributed by atoms with van der Waals surface area (Å²) in [6.45, 7) is 5.04. The second-order valence-electron chi connectivity index (χ2n) is 4.35. The Hall–Kier alpha value is -2.11. The molecule has 0 spiro atoms. The van der Waals surface area contributed by atoms with Crippen molar-refractivity contribution in [2.45, 2.75) is 20.8 Å². The lowest BCUT2D eigenvalue weighted by Crippen LogP contribution is -2.53. The van der Waals surface area contributed by atoms with E-state index in [0.717, 1.165) is 5.56 Å². The Balaban J connectivity index is 2.31. The number of imide groups is 1. The standard InChI is InChI=1S/C12H14N2O4/c1-6-7(2)18-8(3)11(6)12(17)14-4-9(15)13-10(16)5-14/h4-5H2,1-3H3,(H,13,15,16). The third-order valence-corrected chi connectivity index (χ3v) is 3.01. The van der Waals surface area contributed by atoms with Crippen LogP contribution in [0.2, 0.25) is 0 Å². The fourth-order valence-electron chi connectivity index (χ4n) is 2.05. The summed E-state index contributed by atoms with van der Waals surface area (Å²) < 4.78 is 5.38. The zero-order valence-electron chi connectivity index (χ0n) is 10.5. The molecular weight excluding hydrogens is 236 g/mol. The lowest BCUT2D eigenvalue weighted by Gasteiger charge is -2.25. The molecule has 1 fully saturated rings. The van der Waals surface area contributed by atoms with E-state index in [0.29, 0.717) is 17.1 Å². The van der Waals surface area contributed by atoms with Gasteiger partial charge in [-0.15, -0.1) is 0 Å². The topological polar surface area (TPSA) is 79.6 Å². The van der Waals surface area contributed by atoms with Crippen LogP contribution in [0.25, 0.3) is 0 Å². The van der Waals surface area contributed by atoms with E-state index in [1.54, 1.807) is 20.8 Å². The minimum Gasteiger partial charge on any atom is -0.466 e. The normalized spacial score (nSPS) is 15.8. The van der Waals surface area contributed by atoms with Crippen molar-refractivity contribution in [3.8, 4) is 0 Å². The van der Waals surface area contributed by atoms with Crippen molar-refractivity contribution in [2.24, 2.45) is 0 Å². The van der Waals surface area contributed by atoms with Crippen LogP contribution in [-0.4, -0.2) is 35.7 Å². The number of furan rings is 1. The molecule has 6 nitrogen and oxygen atoms in total. The zero-order chi connectivity index (χ0) is 13.4. The van der Waals surface area contributed by atoms with Gasteiger partial charge in [0.1, 0.15) is 24.6 Å². The number of carbonyl (C=O) groups is 3. The van der Waals surface area contributed by atoms with Crippen LogP contribution in [0.3, 0.4) is 0 Å². The molecule has 2 heterocycles. The maximum atomic E-state index is 12.3. The number of hydrogen-bond donors (Lipinski definition) is 1. The van der Waals surface area contributed by atoms with Gasteiger partial charge in [0.25, 0.3) is 5.91 Å². The third kappa shape index (κ3) is 2.01. The molecule has 1 N–H and O–H groups in total. The molecular formula is C12H14N2O4. The number of carbonyl (C=O) groups excluding carboxylic acids is 3. The highest BCUT2D eigenvalue weighted by Crippen LogP contribution is 2.22. The maximum Gasteiger partial charge on any atom is 0.258 e. The Labute approximate surface area is 104 Å². The summed E-state index contributed by atoms with van der Waals surface area (Å²) in [6.07, 6.45) is 0. The average molecular weight is 250 g/mol. The molecule has 96 valence electrons. The lowest BCUT2D eigenvalue weighted by molar-refractivity contribution is -0.135. The molecule has 1 aliphatic heterocycles. The highest BCUT2D eigenvalue weighted by atomic mass is 16.3. The summed E-state index contributed by atoms with van der Waals surface area (Å²) in [4.78, 5) is 36.0. The van der Waals surface area contributed by atoms with Gasteiger partial charge in [-0.3, -0.25) is 19.7 Å². The maximum absolute atomic E-state index is 12.3. The Morgan fingerprint density at radius 1 is 1.11 bits per heavy atom. The summed E-state index contributed by atoms with van der Waals surface area (Å²) in [5, 5.41) is 2.15. The molecule has 6 heteroatoms. The van der Waals surface area contributed by atoms with Gasteiger partial charge in [-0.05, 0) is 20.8 Å². The van der Waals surface area contributed by atoms with E-state index in [1.807, 2.05) is 0 Å². The van der Waals surface area contributed by atoms with Crippen LogP contribution in [0.4, 0.5) is 0 Å². The number of nitrogens with zero attached hydrogens (tertiary/aromatic N) is 1. The Morgan fingerprint density at radius 3 is 2.11 bits per heavy atom. The average Bonchev–Trinajstić information content (AvgIpc) is 2.51. The SMILES string of the molecule is Cc1oc(C)c(C(=O)N2CC(=O)NC(=O)C2)c1C. The van der Waals surface area contributed by atoms with Crippen molar-refractivity contribution in [3.05, 3.63) is 22.6 Å². The molecule has 0 bridgehead atoms. The number of nitrogens with one attached hydrogen (secondary N) is 1. The summed E-state index contributed by atoms with van der Waals surface area (Å²) in [6, 6.07) is 0. The molecule has 0 radical (unpaired) electrons. The monoisotopic (exact) mass is 250 g/mol. The lowest BCUT2D eigenvalue weighted by atomic mass is 10.1. The molecule has 18 heavy (non-hydrogen) atoms. The van der Waals surface area contributed by atoms with Crippen LogP contribution in [0.5, 0.6) is 0 Å². The number of piperazine rings is 1. The first-order valence-electron chi connectivity index (χ1n) is 5.58. The smallest absolute Gasteiger partial charge is 0.258 e. The minimum atomic E-state index is -0.463. The van der Waals surface area contributed by atoms with Gasteiger partial charge in [-0.25, -0.2) is 0 Å². The molecule has 1 aromatic rings. The molecule has 1 aromatic heterocycles. The summed E-state index contributed by atoms with van der Waals surface area (Å²) in [5.41, 5.74) is 1.19. The number of rotatable bonds is 1. The fourth-order valence-corrected chi connectivity index (χ4v) is 2.05. The van der Waals surface area contributed by atoms with Crippen molar-refractivity contribution < 1.29 is 18.8 Å². The predicted octanol–water partition coefficient (Wildman–Crippen LogP) is 0.303. The van der Waals surface area contributed by atoms with E-state index in [2.05, 4.69) is 5.32 Å². The summed E-state index contributed by atoms with van der Waals surface area (Å²) in [7, 11) is 0. The van der Waals surface area contributed by atoms with Gasteiger partial charge >= 0.3 is 0 Å². The quantitative estimate of drug-likeness (QED) is 0.727. The van der Waals surface area contributed by atoms with Crippen molar-refractivity contribution in [1.82, 2.24) is 10.2 Å². The Bertz CT molecular complexity index is 529. The van der Waals surface area contributed by atoms with Crippen LogP contribution in [-0.2, 0) is 9.59 Å². The molecule has 0 aromatic carbocycles. The molecule has 0 unspecified atom stereocenters. The zero-order valence-corrected chi connectivity index (χ0v) is 10.5. The highest BCUT2D eigenvalue weighted by molar-refractivity contribution is 6.06. The first kappa shape index (κ1) is 12.3. The van der Waals surface area contributed by atoms with Crippen molar-refractivity contribution in [3.63, 3.8) is 0 Å². The molecule has 0 saturated carbocycles. The first-order chi connectivity index (χ1) is 8.40. The predicted molar refractivity (Wildman–Crippen MR) is 62.0 cm³/mol. The van der Waals surface area contributed by atoms with Crippen LogP contribution in [0.15, 0.2) is 4.42 Å². The van der Waals surface area contributed by atoms with E-state index < -0.39 is 11.8 Å². The first-order valence-corrected chi connectivity index (χ1v) is 5.58. The van der Waals surface area contributed by atoms with E-state index >= 15 is 0 Å². The van der Waals surface area contributed by atoms with E-state index in [9.17, 15) is 14.4 Å². The second-order valence-corrected chi connectivity index (χ2v) is 4.35. The van der Waals surface area contributed by atoms with Gasteiger partial charge in [0.2, 0.25) is 11.8 Å². The Morgan fingerprint density at radius 2 is 1.67 bits per heavy atom. The molecule has 0 aliphatic carbocycles. The van der Waals surface area contributed by atoms with Gasteiger partial charge in [0.05, 0.1) is 5.56 Å². The third-order valence-electron chi connectivity index (χ3n) is 3.01. The minimum absolute atomic E-state index is 0.103. The molecule has 1 saturated heterocycles. The fraction of sp³-hybridized carbons (Fsp3) is 0.417.